The van der Waals surface area contributed by atoms with Crippen LogP contribution < -0.4 is 9.64 Å². The highest BCUT2D eigenvalue weighted by molar-refractivity contribution is 7.90. The molecule has 6 heteroatoms. The number of sulfone groups is 1. The van der Waals surface area contributed by atoms with Gasteiger partial charge in [-0.3, -0.25) is 0 Å². The van der Waals surface area contributed by atoms with Gasteiger partial charge in [-0.25, -0.2) is 8.42 Å². The maximum Gasteiger partial charge on any atom is 0.175 e. The van der Waals surface area contributed by atoms with E-state index in [4.69, 9.17) is 16.3 Å². The highest BCUT2D eigenvalue weighted by Crippen LogP contribution is 2.32. The van der Waals surface area contributed by atoms with Crippen molar-refractivity contribution in [1.82, 2.24) is 0 Å². The van der Waals surface area contributed by atoms with Crippen molar-refractivity contribution in [2.45, 2.75) is 17.7 Å². The van der Waals surface area contributed by atoms with Gasteiger partial charge in [0.2, 0.25) is 0 Å². The Hall–Kier alpha value is -1.72. The van der Waals surface area contributed by atoms with Crippen molar-refractivity contribution < 1.29 is 13.2 Å². The number of nitrogens with zero attached hydrogens (tertiary/aromatic N) is 1. The summed E-state index contributed by atoms with van der Waals surface area (Å²) in [5.41, 5.74) is 1.91. The number of halogens is 1. The SMILES string of the molecule is CS(=O)(=O)c1cccc2c1CCCN2CCOc1ccccc1Cl. The predicted octanol–water partition coefficient (Wildman–Crippen LogP) is 3.58. The topological polar surface area (TPSA) is 46.6 Å². The van der Waals surface area contributed by atoms with Gasteiger partial charge in [-0.15, -0.1) is 0 Å². The third kappa shape index (κ3) is 3.68. The number of hydrogen-bond donors (Lipinski definition) is 0. The van der Waals surface area contributed by atoms with Crippen molar-refractivity contribution in [1.29, 1.82) is 0 Å². The molecule has 2 aromatic carbocycles. The average molecular weight is 366 g/mol. The number of rotatable bonds is 5. The van der Waals surface area contributed by atoms with Crippen molar-refractivity contribution >= 4 is 27.1 Å². The summed E-state index contributed by atoms with van der Waals surface area (Å²) in [5, 5.41) is 0.593. The Morgan fingerprint density at radius 1 is 1.17 bits per heavy atom. The minimum atomic E-state index is -3.21. The van der Waals surface area contributed by atoms with E-state index in [9.17, 15) is 8.42 Å². The fourth-order valence-electron chi connectivity index (χ4n) is 3.08. The van der Waals surface area contributed by atoms with Crippen LogP contribution in [0.3, 0.4) is 0 Å². The van der Waals surface area contributed by atoms with Gasteiger partial charge in [-0.05, 0) is 42.7 Å². The number of benzene rings is 2. The molecule has 0 radical (unpaired) electrons. The Labute approximate surface area is 147 Å². The lowest BCUT2D eigenvalue weighted by atomic mass is 10.0. The van der Waals surface area contributed by atoms with Crippen LogP contribution in [-0.2, 0) is 16.3 Å². The molecule has 0 aliphatic carbocycles. The molecule has 0 aromatic heterocycles. The summed E-state index contributed by atoms with van der Waals surface area (Å²) in [4.78, 5) is 2.63. The first-order valence-corrected chi connectivity index (χ1v) is 10.2. The van der Waals surface area contributed by atoms with Crippen LogP contribution in [0.1, 0.15) is 12.0 Å². The van der Waals surface area contributed by atoms with Gasteiger partial charge in [0, 0.05) is 18.5 Å². The zero-order valence-corrected chi connectivity index (χ0v) is 15.1. The lowest BCUT2D eigenvalue weighted by Crippen LogP contribution is -2.33. The summed E-state index contributed by atoms with van der Waals surface area (Å²) in [6.07, 6.45) is 2.99. The Balaban J connectivity index is 1.75. The van der Waals surface area contributed by atoms with Gasteiger partial charge in [0.25, 0.3) is 0 Å². The molecule has 1 aliphatic rings. The molecule has 0 amide bonds. The van der Waals surface area contributed by atoms with Crippen molar-refractivity contribution in [3.05, 3.63) is 53.1 Å². The maximum atomic E-state index is 12.0. The van der Waals surface area contributed by atoms with Crippen LogP contribution in [0.4, 0.5) is 5.69 Å². The van der Waals surface area contributed by atoms with E-state index in [-0.39, 0.29) is 0 Å². The van der Waals surface area contributed by atoms with Crippen molar-refractivity contribution in [3.8, 4) is 5.75 Å². The zero-order chi connectivity index (χ0) is 17.2. The minimum absolute atomic E-state index is 0.441. The Kier molecular flexibility index (Phi) is 5.01. The quantitative estimate of drug-likeness (QED) is 0.812. The summed E-state index contributed by atoms with van der Waals surface area (Å²) in [7, 11) is -3.21. The highest BCUT2D eigenvalue weighted by Gasteiger charge is 2.23. The van der Waals surface area contributed by atoms with E-state index >= 15 is 0 Å². The second-order valence-electron chi connectivity index (χ2n) is 5.90. The molecule has 24 heavy (non-hydrogen) atoms. The van der Waals surface area contributed by atoms with Crippen LogP contribution in [-0.4, -0.2) is 34.4 Å². The van der Waals surface area contributed by atoms with Gasteiger partial charge in [0.15, 0.2) is 9.84 Å². The van der Waals surface area contributed by atoms with Crippen LogP contribution >= 0.6 is 11.6 Å². The smallest absolute Gasteiger partial charge is 0.175 e. The Morgan fingerprint density at radius 3 is 2.71 bits per heavy atom. The van der Waals surface area contributed by atoms with E-state index in [1.165, 1.54) is 6.26 Å². The monoisotopic (exact) mass is 365 g/mol. The normalized spacial score (nSPS) is 14.3. The number of ether oxygens (including phenoxy) is 1. The van der Waals surface area contributed by atoms with E-state index in [1.54, 1.807) is 12.1 Å². The molecule has 4 nitrogen and oxygen atoms in total. The molecule has 0 saturated heterocycles. The molecule has 0 bridgehead atoms. The molecule has 0 spiro atoms. The molecule has 0 N–H and O–H groups in total. The second-order valence-corrected chi connectivity index (χ2v) is 8.29. The number of fused-ring (bicyclic) bond motifs is 1. The van der Waals surface area contributed by atoms with Crippen LogP contribution in [0.25, 0.3) is 0 Å². The molecule has 0 unspecified atom stereocenters. The molecule has 2 aromatic rings. The van der Waals surface area contributed by atoms with E-state index in [0.29, 0.717) is 28.8 Å². The standard InChI is InChI=1S/C18H20ClNO3S/c1-24(21,22)18-10-4-8-16-14(18)6-5-11-20(16)12-13-23-17-9-3-2-7-15(17)19/h2-4,7-10H,5-6,11-13H2,1H3. The number of hydrogen-bond acceptors (Lipinski definition) is 4. The highest BCUT2D eigenvalue weighted by atomic mass is 35.5. The molecule has 1 aliphatic heterocycles. The summed E-state index contributed by atoms with van der Waals surface area (Å²) >= 11 is 6.09. The van der Waals surface area contributed by atoms with Gasteiger partial charge in [0.05, 0.1) is 16.5 Å². The van der Waals surface area contributed by atoms with Gasteiger partial charge in [-0.1, -0.05) is 29.8 Å². The molecule has 0 atom stereocenters. The van der Waals surface area contributed by atoms with Crippen LogP contribution in [0.5, 0.6) is 5.75 Å². The maximum absolute atomic E-state index is 12.0. The zero-order valence-electron chi connectivity index (χ0n) is 13.5. The summed E-state index contributed by atoms with van der Waals surface area (Å²) in [6, 6.07) is 12.9. The minimum Gasteiger partial charge on any atom is -0.490 e. The summed E-state index contributed by atoms with van der Waals surface area (Å²) in [5.74, 6) is 0.668. The third-order valence-corrected chi connectivity index (χ3v) is 5.65. The molecule has 0 saturated carbocycles. The molecule has 128 valence electrons. The molecular formula is C18H20ClNO3S. The van der Waals surface area contributed by atoms with Gasteiger partial charge < -0.3 is 9.64 Å². The fraction of sp³-hybridized carbons (Fsp3) is 0.333. The molecular weight excluding hydrogens is 346 g/mol. The van der Waals surface area contributed by atoms with Crippen LogP contribution in [0, 0.1) is 0 Å². The average Bonchev–Trinajstić information content (AvgIpc) is 2.55. The predicted molar refractivity (Wildman–Crippen MR) is 97.0 cm³/mol. The third-order valence-electron chi connectivity index (χ3n) is 4.16. The first-order valence-electron chi connectivity index (χ1n) is 7.91. The molecule has 1 heterocycles. The summed E-state index contributed by atoms with van der Waals surface area (Å²) < 4.78 is 29.7. The first kappa shape index (κ1) is 17.1. The largest absolute Gasteiger partial charge is 0.490 e. The van der Waals surface area contributed by atoms with Crippen LogP contribution in [0.15, 0.2) is 47.4 Å². The number of anilines is 1. The van der Waals surface area contributed by atoms with Gasteiger partial charge >= 0.3 is 0 Å². The van der Waals surface area contributed by atoms with Crippen LogP contribution in [0.2, 0.25) is 5.02 Å². The number of para-hydroxylation sites is 1. The van der Waals surface area contributed by atoms with E-state index < -0.39 is 9.84 Å². The lowest BCUT2D eigenvalue weighted by Gasteiger charge is -2.32. The van der Waals surface area contributed by atoms with Crippen molar-refractivity contribution in [3.63, 3.8) is 0 Å². The fourth-order valence-corrected chi connectivity index (χ4v) is 4.25. The van der Waals surface area contributed by atoms with E-state index in [2.05, 4.69) is 4.90 Å². The van der Waals surface area contributed by atoms with Gasteiger partial charge in [-0.2, -0.15) is 0 Å². The first-order chi connectivity index (χ1) is 11.5. The molecule has 3 rings (SSSR count). The second kappa shape index (κ2) is 7.03. The Bertz CT molecular complexity index is 836. The van der Waals surface area contributed by atoms with Gasteiger partial charge in [0.1, 0.15) is 12.4 Å². The van der Waals surface area contributed by atoms with E-state index in [0.717, 1.165) is 30.6 Å². The molecule has 0 fully saturated rings. The summed E-state index contributed by atoms with van der Waals surface area (Å²) in [6.45, 7) is 2.07. The van der Waals surface area contributed by atoms with Crippen molar-refractivity contribution in [2.75, 3.05) is 30.9 Å². The lowest BCUT2D eigenvalue weighted by molar-refractivity contribution is 0.322. The Morgan fingerprint density at radius 2 is 1.96 bits per heavy atom. The van der Waals surface area contributed by atoms with E-state index in [1.807, 2.05) is 30.3 Å². The van der Waals surface area contributed by atoms with Crippen molar-refractivity contribution in [2.24, 2.45) is 0 Å².